The van der Waals surface area contributed by atoms with E-state index in [9.17, 15) is 0 Å². The van der Waals surface area contributed by atoms with Gasteiger partial charge in [-0.05, 0) is 65.8 Å². The van der Waals surface area contributed by atoms with E-state index in [4.69, 9.17) is 14.5 Å². The van der Waals surface area contributed by atoms with Crippen LogP contribution in [0.15, 0.2) is 72.9 Å². The predicted octanol–water partition coefficient (Wildman–Crippen LogP) is 5.72. The molecule has 4 rings (SSSR count). The molecule has 1 unspecified atom stereocenters. The Bertz CT molecular complexity index is 1160. The molecule has 4 aromatic rings. The van der Waals surface area contributed by atoms with Crippen LogP contribution in [0.3, 0.4) is 0 Å². The average Bonchev–Trinajstić information content (AvgIpc) is 2.85. The van der Waals surface area contributed by atoms with E-state index < -0.39 is 0 Å². The molecule has 2 aromatic heterocycles. The van der Waals surface area contributed by atoms with Crippen LogP contribution in [0.5, 0.6) is 5.88 Å². The number of anilines is 1. The number of carbonyl (C=O) groups is 1. The van der Waals surface area contributed by atoms with E-state index in [1.807, 2.05) is 50.4 Å². The van der Waals surface area contributed by atoms with Crippen LogP contribution in [0.4, 0.5) is 5.82 Å². The molecule has 2 aromatic carbocycles. The molecule has 32 heavy (non-hydrogen) atoms. The molecule has 0 radical (unpaired) electrons. The molecule has 0 amide bonds. The topological polar surface area (TPSA) is 64.1 Å². The van der Waals surface area contributed by atoms with Gasteiger partial charge in [0.1, 0.15) is 19.2 Å². The second-order valence-electron chi connectivity index (χ2n) is 7.69. The van der Waals surface area contributed by atoms with Crippen LogP contribution in [0, 0.1) is 6.92 Å². The number of rotatable bonds is 7. The summed E-state index contributed by atoms with van der Waals surface area (Å²) < 4.78 is 5.89. The van der Waals surface area contributed by atoms with Crippen LogP contribution in [0.25, 0.3) is 10.9 Å². The first-order valence-corrected chi connectivity index (χ1v) is 10.6. The fourth-order valence-corrected chi connectivity index (χ4v) is 3.80. The van der Waals surface area contributed by atoms with E-state index in [1.165, 1.54) is 16.7 Å². The van der Waals surface area contributed by atoms with Crippen molar-refractivity contribution in [2.45, 2.75) is 32.8 Å². The van der Waals surface area contributed by atoms with Gasteiger partial charge in [-0.3, -0.25) is 0 Å². The van der Waals surface area contributed by atoms with Crippen LogP contribution in [-0.2, 0) is 17.8 Å². The van der Waals surface area contributed by atoms with Crippen LogP contribution in [-0.4, -0.2) is 23.8 Å². The van der Waals surface area contributed by atoms with Gasteiger partial charge in [-0.25, -0.2) is 9.97 Å². The van der Waals surface area contributed by atoms with Gasteiger partial charge in [0.15, 0.2) is 0 Å². The van der Waals surface area contributed by atoms with Crippen molar-refractivity contribution in [2.24, 2.45) is 0 Å². The monoisotopic (exact) mass is 427 g/mol. The standard InChI is InChI=1S/C26H27N3O.CH2O/c1-18-15-24-21(11-12-25(29-24)30-17-20-8-5-4-6-9-20)16-22(18)14-19(2)23-10-7-13-28-26(23)27-3;1-2/h4-13,15-16,19H,14,17H2,1-3H3,(H,27,28);1H2. The number of aryl methyl sites for hydroxylation is 1. The maximum Gasteiger partial charge on any atom is 0.214 e. The fourth-order valence-electron chi connectivity index (χ4n) is 3.80. The number of aromatic nitrogens is 2. The molecule has 164 valence electrons. The Kier molecular flexibility index (Phi) is 7.92. The summed E-state index contributed by atoms with van der Waals surface area (Å²) in [6.07, 6.45) is 2.78. The van der Waals surface area contributed by atoms with Crippen molar-refractivity contribution < 1.29 is 9.53 Å². The van der Waals surface area contributed by atoms with E-state index in [2.05, 4.69) is 60.5 Å². The van der Waals surface area contributed by atoms with Crippen molar-refractivity contribution >= 4 is 23.5 Å². The highest BCUT2D eigenvalue weighted by Crippen LogP contribution is 2.29. The summed E-state index contributed by atoms with van der Waals surface area (Å²) in [5, 5.41) is 4.34. The normalized spacial score (nSPS) is 11.3. The summed E-state index contributed by atoms with van der Waals surface area (Å²) in [7, 11) is 1.92. The highest BCUT2D eigenvalue weighted by Gasteiger charge is 2.14. The number of benzene rings is 2. The van der Waals surface area contributed by atoms with Gasteiger partial charge in [0.05, 0.1) is 5.52 Å². The number of pyridine rings is 2. The molecule has 0 fully saturated rings. The van der Waals surface area contributed by atoms with Gasteiger partial charge in [0.25, 0.3) is 0 Å². The molecule has 0 aliphatic rings. The van der Waals surface area contributed by atoms with E-state index in [0.717, 1.165) is 28.7 Å². The highest BCUT2D eigenvalue weighted by atomic mass is 16.5. The van der Waals surface area contributed by atoms with Gasteiger partial charge in [-0.2, -0.15) is 0 Å². The Morgan fingerprint density at radius 3 is 2.56 bits per heavy atom. The summed E-state index contributed by atoms with van der Waals surface area (Å²) in [5.74, 6) is 1.96. The first-order chi connectivity index (χ1) is 15.6. The minimum Gasteiger partial charge on any atom is -0.473 e. The first kappa shape index (κ1) is 22.9. The molecule has 1 atom stereocenters. The smallest absolute Gasteiger partial charge is 0.214 e. The number of fused-ring (bicyclic) bond motifs is 1. The SMILES string of the molecule is C=O.CNc1ncccc1C(C)Cc1cc2ccc(OCc3ccccc3)nc2cc1C. The third-order valence-electron chi connectivity index (χ3n) is 5.48. The maximum atomic E-state index is 8.00. The Morgan fingerprint density at radius 2 is 1.81 bits per heavy atom. The number of carbonyl (C=O) groups excluding carboxylic acids is 1. The Hall–Kier alpha value is -3.73. The number of nitrogens with one attached hydrogen (secondary N) is 1. The molecule has 5 nitrogen and oxygen atoms in total. The second kappa shape index (κ2) is 11.0. The van der Waals surface area contributed by atoms with Crippen molar-refractivity contribution in [2.75, 3.05) is 12.4 Å². The third kappa shape index (κ3) is 5.49. The summed E-state index contributed by atoms with van der Waals surface area (Å²) in [6.45, 7) is 6.93. The van der Waals surface area contributed by atoms with Crippen LogP contribution in [0.1, 0.15) is 35.1 Å². The first-order valence-electron chi connectivity index (χ1n) is 10.6. The number of nitrogens with zero attached hydrogens (tertiary/aromatic N) is 2. The van der Waals surface area contributed by atoms with Gasteiger partial charge < -0.3 is 14.8 Å². The Morgan fingerprint density at radius 1 is 1.03 bits per heavy atom. The Balaban J connectivity index is 0.00000141. The van der Waals surface area contributed by atoms with Gasteiger partial charge >= 0.3 is 0 Å². The van der Waals surface area contributed by atoms with Crippen molar-refractivity contribution in [1.29, 1.82) is 0 Å². The highest BCUT2D eigenvalue weighted by molar-refractivity contribution is 5.81. The minimum atomic E-state index is 0.360. The summed E-state index contributed by atoms with van der Waals surface area (Å²) >= 11 is 0. The van der Waals surface area contributed by atoms with Gasteiger partial charge in [0.2, 0.25) is 5.88 Å². The molecule has 0 saturated carbocycles. The fraction of sp³-hybridized carbons (Fsp3) is 0.222. The lowest BCUT2D eigenvalue weighted by Crippen LogP contribution is -2.05. The zero-order valence-corrected chi connectivity index (χ0v) is 18.8. The quantitative estimate of drug-likeness (QED) is 0.409. The van der Waals surface area contributed by atoms with Gasteiger partial charge in [-0.1, -0.05) is 43.3 Å². The maximum absolute atomic E-state index is 8.00. The molecular formula is C27H29N3O2. The molecular weight excluding hydrogens is 398 g/mol. The molecule has 0 spiro atoms. The molecule has 0 aliphatic carbocycles. The molecule has 5 heteroatoms. The third-order valence-corrected chi connectivity index (χ3v) is 5.48. The van der Waals surface area contributed by atoms with E-state index in [1.54, 1.807) is 0 Å². The second-order valence-corrected chi connectivity index (χ2v) is 7.69. The van der Waals surface area contributed by atoms with Gasteiger partial charge in [-0.15, -0.1) is 0 Å². The lowest BCUT2D eigenvalue weighted by Gasteiger charge is -2.17. The average molecular weight is 428 g/mol. The van der Waals surface area contributed by atoms with E-state index >= 15 is 0 Å². The predicted molar refractivity (Wildman–Crippen MR) is 130 cm³/mol. The van der Waals surface area contributed by atoms with Crippen LogP contribution < -0.4 is 10.1 Å². The molecule has 1 N–H and O–H groups in total. The van der Waals surface area contributed by atoms with Crippen molar-refractivity contribution in [1.82, 2.24) is 9.97 Å². The lowest BCUT2D eigenvalue weighted by molar-refractivity contribution is -0.0979. The molecule has 0 aliphatic heterocycles. The lowest BCUT2D eigenvalue weighted by atomic mass is 9.91. The summed E-state index contributed by atoms with van der Waals surface area (Å²) in [6, 6.07) is 22.8. The Labute approximate surface area is 189 Å². The zero-order chi connectivity index (χ0) is 22.9. The number of ether oxygens (including phenoxy) is 1. The largest absolute Gasteiger partial charge is 0.473 e. The minimum absolute atomic E-state index is 0.360. The van der Waals surface area contributed by atoms with E-state index in [-0.39, 0.29) is 0 Å². The number of hydrogen-bond acceptors (Lipinski definition) is 5. The summed E-state index contributed by atoms with van der Waals surface area (Å²) in [4.78, 5) is 17.2. The van der Waals surface area contributed by atoms with Crippen molar-refractivity contribution in [3.05, 3.63) is 95.2 Å². The summed E-state index contributed by atoms with van der Waals surface area (Å²) in [5.41, 5.74) is 5.92. The van der Waals surface area contributed by atoms with Crippen LogP contribution in [0.2, 0.25) is 0 Å². The van der Waals surface area contributed by atoms with Crippen LogP contribution >= 0.6 is 0 Å². The van der Waals surface area contributed by atoms with Crippen molar-refractivity contribution in [3.63, 3.8) is 0 Å². The number of hydrogen-bond donors (Lipinski definition) is 1. The van der Waals surface area contributed by atoms with Gasteiger partial charge in [0, 0.05) is 24.7 Å². The molecule has 0 saturated heterocycles. The molecule has 2 heterocycles. The van der Waals surface area contributed by atoms with E-state index in [0.29, 0.717) is 18.4 Å². The molecule has 0 bridgehead atoms. The van der Waals surface area contributed by atoms with Crippen molar-refractivity contribution in [3.8, 4) is 5.88 Å². The zero-order valence-electron chi connectivity index (χ0n) is 18.8.